The van der Waals surface area contributed by atoms with E-state index < -0.39 is 0 Å². The Kier molecular flexibility index (Phi) is 3.58. The molecule has 0 radical (unpaired) electrons. The van der Waals surface area contributed by atoms with E-state index in [1.807, 2.05) is 5.38 Å². The van der Waals surface area contributed by atoms with Crippen LogP contribution in [0.25, 0.3) is 11.3 Å². The highest BCUT2D eigenvalue weighted by Crippen LogP contribution is 2.22. The Bertz CT molecular complexity index is 470. The van der Waals surface area contributed by atoms with Crippen LogP contribution in [0.5, 0.6) is 0 Å². The Morgan fingerprint density at radius 2 is 2.25 bits per heavy atom. The molecule has 0 spiro atoms. The van der Waals surface area contributed by atoms with E-state index in [1.165, 1.54) is 12.3 Å². The molecule has 0 fully saturated rings. The molecule has 0 bridgehead atoms. The number of halogens is 1. The fourth-order valence-corrected chi connectivity index (χ4v) is 2.21. The van der Waals surface area contributed by atoms with Gasteiger partial charge in [-0.05, 0) is 19.0 Å². The van der Waals surface area contributed by atoms with Gasteiger partial charge >= 0.3 is 0 Å². The number of hydrogen-bond acceptors (Lipinski definition) is 4. The van der Waals surface area contributed by atoms with Crippen molar-refractivity contribution in [3.8, 4) is 11.3 Å². The molecule has 2 aromatic heterocycles. The lowest BCUT2D eigenvalue weighted by Gasteiger charge is -1.95. The first kappa shape index (κ1) is 11.2. The molecule has 2 N–H and O–H groups in total. The maximum absolute atomic E-state index is 13.0. The van der Waals surface area contributed by atoms with Crippen LogP contribution < -0.4 is 5.73 Å². The summed E-state index contributed by atoms with van der Waals surface area (Å²) in [5.74, 6) is -0.339. The highest BCUT2D eigenvalue weighted by atomic mass is 32.1. The molecule has 0 saturated heterocycles. The molecule has 0 aromatic carbocycles. The molecule has 0 unspecified atom stereocenters. The van der Waals surface area contributed by atoms with Crippen LogP contribution >= 0.6 is 11.3 Å². The molecule has 0 saturated carbocycles. The summed E-state index contributed by atoms with van der Waals surface area (Å²) >= 11 is 1.57. The molecule has 16 heavy (non-hydrogen) atoms. The van der Waals surface area contributed by atoms with Crippen molar-refractivity contribution in [2.24, 2.45) is 5.73 Å². The smallest absolute Gasteiger partial charge is 0.142 e. The lowest BCUT2D eigenvalue weighted by molar-refractivity contribution is 0.622. The maximum Gasteiger partial charge on any atom is 0.142 e. The second kappa shape index (κ2) is 5.14. The summed E-state index contributed by atoms with van der Waals surface area (Å²) < 4.78 is 13.0. The summed E-state index contributed by atoms with van der Waals surface area (Å²) in [5, 5.41) is 2.95. The zero-order valence-electron chi connectivity index (χ0n) is 8.69. The van der Waals surface area contributed by atoms with Crippen molar-refractivity contribution < 1.29 is 4.39 Å². The van der Waals surface area contributed by atoms with Gasteiger partial charge in [-0.1, -0.05) is 0 Å². The van der Waals surface area contributed by atoms with Gasteiger partial charge in [-0.15, -0.1) is 11.3 Å². The van der Waals surface area contributed by atoms with Crippen LogP contribution in [-0.2, 0) is 6.42 Å². The predicted octanol–water partition coefficient (Wildman–Crippen LogP) is 2.24. The minimum absolute atomic E-state index is 0.339. The maximum atomic E-state index is 13.0. The number of hydrogen-bond donors (Lipinski definition) is 1. The summed E-state index contributed by atoms with van der Waals surface area (Å²) in [6.45, 7) is 0.663. The third-order valence-corrected chi connectivity index (χ3v) is 3.06. The Balaban J connectivity index is 2.18. The largest absolute Gasteiger partial charge is 0.330 e. The summed E-state index contributed by atoms with van der Waals surface area (Å²) in [5.41, 5.74) is 6.93. The molecule has 0 atom stereocenters. The third-order valence-electron chi connectivity index (χ3n) is 2.15. The third kappa shape index (κ3) is 2.62. The summed E-state index contributed by atoms with van der Waals surface area (Å²) in [6.07, 6.45) is 4.61. The van der Waals surface area contributed by atoms with Gasteiger partial charge in [-0.3, -0.25) is 4.98 Å². The first-order chi connectivity index (χ1) is 7.79. The van der Waals surface area contributed by atoms with Crippen molar-refractivity contribution >= 4 is 11.3 Å². The highest BCUT2D eigenvalue weighted by Gasteiger charge is 2.05. The van der Waals surface area contributed by atoms with Crippen LogP contribution in [0.1, 0.15) is 11.4 Å². The van der Waals surface area contributed by atoms with Crippen molar-refractivity contribution in [2.45, 2.75) is 12.8 Å². The summed E-state index contributed by atoms with van der Waals surface area (Å²) in [6, 6.07) is 1.44. The zero-order chi connectivity index (χ0) is 11.4. The van der Waals surface area contributed by atoms with Gasteiger partial charge in [0.15, 0.2) is 0 Å². The topological polar surface area (TPSA) is 51.8 Å². The summed E-state index contributed by atoms with van der Waals surface area (Å²) in [7, 11) is 0. The van der Waals surface area contributed by atoms with Gasteiger partial charge in [0.2, 0.25) is 0 Å². The Morgan fingerprint density at radius 1 is 1.38 bits per heavy atom. The van der Waals surface area contributed by atoms with E-state index in [-0.39, 0.29) is 5.82 Å². The van der Waals surface area contributed by atoms with Crippen LogP contribution in [0, 0.1) is 5.82 Å². The van der Waals surface area contributed by atoms with E-state index in [1.54, 1.807) is 17.5 Å². The fraction of sp³-hybridized carbons (Fsp3) is 0.273. The lowest BCUT2D eigenvalue weighted by Crippen LogP contribution is -1.99. The molecular weight excluding hydrogens is 225 g/mol. The summed E-state index contributed by atoms with van der Waals surface area (Å²) in [4.78, 5) is 8.22. The van der Waals surface area contributed by atoms with Crippen LogP contribution in [-0.4, -0.2) is 16.5 Å². The van der Waals surface area contributed by atoms with E-state index in [0.717, 1.165) is 29.1 Å². The van der Waals surface area contributed by atoms with Gasteiger partial charge in [0, 0.05) is 23.6 Å². The van der Waals surface area contributed by atoms with E-state index in [4.69, 9.17) is 5.73 Å². The predicted molar refractivity (Wildman–Crippen MR) is 62.7 cm³/mol. The average Bonchev–Trinajstić information content (AvgIpc) is 2.75. The highest BCUT2D eigenvalue weighted by molar-refractivity contribution is 7.09. The van der Waals surface area contributed by atoms with Crippen LogP contribution in [0.2, 0.25) is 0 Å². The van der Waals surface area contributed by atoms with Crippen LogP contribution in [0.15, 0.2) is 23.8 Å². The second-order valence-corrected chi connectivity index (χ2v) is 4.35. The van der Waals surface area contributed by atoms with Gasteiger partial charge in [0.25, 0.3) is 0 Å². The van der Waals surface area contributed by atoms with E-state index in [2.05, 4.69) is 9.97 Å². The number of pyridine rings is 1. The monoisotopic (exact) mass is 237 g/mol. The molecule has 3 nitrogen and oxygen atoms in total. The fourth-order valence-electron chi connectivity index (χ4n) is 1.36. The first-order valence-corrected chi connectivity index (χ1v) is 5.93. The van der Waals surface area contributed by atoms with Crippen molar-refractivity contribution in [1.29, 1.82) is 0 Å². The van der Waals surface area contributed by atoms with E-state index in [9.17, 15) is 4.39 Å². The lowest BCUT2D eigenvalue weighted by atomic mass is 10.2. The molecule has 2 aromatic rings. The van der Waals surface area contributed by atoms with Gasteiger partial charge in [-0.25, -0.2) is 9.37 Å². The van der Waals surface area contributed by atoms with Crippen molar-refractivity contribution in [2.75, 3.05) is 6.54 Å². The number of aromatic nitrogens is 2. The Labute approximate surface area is 97.2 Å². The molecule has 2 heterocycles. The molecule has 0 aliphatic carbocycles. The Hall–Kier alpha value is -1.33. The van der Waals surface area contributed by atoms with E-state index in [0.29, 0.717) is 6.54 Å². The Morgan fingerprint density at radius 3 is 3.00 bits per heavy atom. The number of rotatable bonds is 4. The molecule has 0 aliphatic rings. The van der Waals surface area contributed by atoms with Gasteiger partial charge < -0.3 is 5.73 Å². The molecule has 5 heteroatoms. The van der Waals surface area contributed by atoms with Crippen LogP contribution in [0.3, 0.4) is 0 Å². The molecule has 84 valence electrons. The first-order valence-electron chi connectivity index (χ1n) is 5.05. The van der Waals surface area contributed by atoms with Gasteiger partial charge in [0.1, 0.15) is 5.82 Å². The minimum atomic E-state index is -0.339. The minimum Gasteiger partial charge on any atom is -0.330 e. The van der Waals surface area contributed by atoms with Crippen molar-refractivity contribution in [3.05, 3.63) is 34.7 Å². The standard InChI is InChI=1S/C11H12FN3S/c12-9-4-8(5-14-6-9)10-7-16-11(15-10)2-1-3-13/h4-7H,1-3,13H2. The molecule has 0 amide bonds. The second-order valence-electron chi connectivity index (χ2n) is 3.41. The normalized spacial score (nSPS) is 10.6. The van der Waals surface area contributed by atoms with Crippen molar-refractivity contribution in [1.82, 2.24) is 9.97 Å². The van der Waals surface area contributed by atoms with E-state index >= 15 is 0 Å². The van der Waals surface area contributed by atoms with Gasteiger partial charge in [0.05, 0.1) is 16.9 Å². The number of nitrogens with zero attached hydrogens (tertiary/aromatic N) is 2. The quantitative estimate of drug-likeness (QED) is 0.887. The van der Waals surface area contributed by atoms with Gasteiger partial charge in [-0.2, -0.15) is 0 Å². The molecular formula is C11H12FN3S. The number of nitrogens with two attached hydrogens (primary N) is 1. The SMILES string of the molecule is NCCCc1nc(-c2cncc(F)c2)cs1. The number of aryl methyl sites for hydroxylation is 1. The van der Waals surface area contributed by atoms with Crippen LogP contribution in [0.4, 0.5) is 4.39 Å². The zero-order valence-corrected chi connectivity index (χ0v) is 9.51. The number of thiazole rings is 1. The average molecular weight is 237 g/mol. The van der Waals surface area contributed by atoms with Crippen molar-refractivity contribution in [3.63, 3.8) is 0 Å². The molecule has 2 rings (SSSR count). The molecule has 0 aliphatic heterocycles.